The van der Waals surface area contributed by atoms with E-state index in [9.17, 15) is 39.6 Å². The number of phenolic OH excluding ortho intramolecular Hbond substituents is 1. The van der Waals surface area contributed by atoms with Crippen molar-refractivity contribution in [3.8, 4) is 5.75 Å². The van der Waals surface area contributed by atoms with Gasteiger partial charge in [-0.05, 0) is 58.6 Å². The smallest absolute Gasteiger partial charge is 0.255 e. The van der Waals surface area contributed by atoms with Gasteiger partial charge in [-0.1, -0.05) is 0 Å². The number of halogens is 2. The number of likely N-dealkylation sites (N-methyl/N-ethyl adjacent to an activating group) is 2. The molecule has 0 heterocycles. The molecule has 0 aromatic heterocycles. The molecule has 232 valence electrons. The van der Waals surface area contributed by atoms with Crippen molar-refractivity contribution in [2.75, 3.05) is 59.0 Å². The van der Waals surface area contributed by atoms with Crippen LogP contribution in [0.5, 0.6) is 5.75 Å². The lowest BCUT2D eigenvalue weighted by molar-refractivity contribution is -0.148. The van der Waals surface area contributed by atoms with Crippen molar-refractivity contribution in [2.24, 2.45) is 17.6 Å². The van der Waals surface area contributed by atoms with Crippen LogP contribution in [0.15, 0.2) is 28.7 Å². The van der Waals surface area contributed by atoms with Gasteiger partial charge in [0.05, 0.1) is 23.8 Å². The third-order valence-corrected chi connectivity index (χ3v) is 7.91. The number of fused-ring (bicyclic) bond motifs is 3. The molecule has 42 heavy (non-hydrogen) atoms. The zero-order valence-electron chi connectivity index (χ0n) is 24.1. The molecule has 4 atom stereocenters. The summed E-state index contributed by atoms with van der Waals surface area (Å²) in [4.78, 5) is 56.9. The summed E-state index contributed by atoms with van der Waals surface area (Å²) in [5, 5.41) is 47.8. The Kier molecular flexibility index (Phi) is 10.0. The van der Waals surface area contributed by atoms with E-state index in [-0.39, 0.29) is 61.0 Å². The molecule has 0 fully saturated rings. The number of allylic oxidation sites excluding steroid dienone is 1. The molecule has 13 nitrogen and oxygen atoms in total. The van der Waals surface area contributed by atoms with Crippen LogP contribution < -0.4 is 16.0 Å². The fourth-order valence-corrected chi connectivity index (χ4v) is 6.27. The molecule has 0 saturated carbocycles. The third-order valence-electron chi connectivity index (χ3n) is 7.91. The minimum atomic E-state index is -2.72. The number of aromatic hydroxyl groups is 1. The van der Waals surface area contributed by atoms with Crippen LogP contribution in [-0.2, 0) is 20.8 Å². The molecule has 2 amide bonds. The molecule has 3 aliphatic carbocycles. The normalized spacial score (nSPS) is 24.8. The molecule has 0 bridgehead atoms. The standard InChI is InChI=1S/C27H35N5O8.2ClH/c1-30(2)10-16(33)29-14-9-15(31(3)4)12-7-11-8-13-20(32(5)6)23(36)19(26(28)39)25(38)27(13,40)24(37)17(11)22(35)18(12)21(14)34;;/h9,11,13,20,34,36-37,40H,7-8,10H2,1-6H3,(H2,28,39)(H,29,33);2*1H/t11?,13?,20-,27?;;/m0../s1. The van der Waals surface area contributed by atoms with Crippen LogP contribution in [0.2, 0.25) is 0 Å². The quantitative estimate of drug-likeness (QED) is 0.190. The van der Waals surface area contributed by atoms with Crippen molar-refractivity contribution >= 4 is 59.6 Å². The number of hydrogen-bond donors (Lipinski definition) is 6. The zero-order valence-corrected chi connectivity index (χ0v) is 25.7. The van der Waals surface area contributed by atoms with Crippen molar-refractivity contribution in [2.45, 2.75) is 24.5 Å². The maximum atomic E-state index is 14.0. The monoisotopic (exact) mass is 629 g/mol. The average Bonchev–Trinajstić information content (AvgIpc) is 2.81. The Balaban J connectivity index is 0.00000308. The lowest BCUT2D eigenvalue weighted by Crippen LogP contribution is -2.63. The average molecular weight is 631 g/mol. The minimum Gasteiger partial charge on any atom is -0.510 e. The summed E-state index contributed by atoms with van der Waals surface area (Å²) in [5.74, 6) is -7.73. The number of Topliss-reactive ketones (excluding diaryl/α,β-unsaturated/α-hetero) is 2. The number of aliphatic hydroxyl groups excluding tert-OH is 2. The fraction of sp³-hybridized carbons (Fsp3) is 0.481. The van der Waals surface area contributed by atoms with Crippen LogP contribution in [0.25, 0.3) is 0 Å². The summed E-state index contributed by atoms with van der Waals surface area (Å²) >= 11 is 0. The largest absolute Gasteiger partial charge is 0.510 e. The first-order valence-electron chi connectivity index (χ1n) is 12.7. The Morgan fingerprint density at radius 3 is 2.17 bits per heavy atom. The Morgan fingerprint density at radius 1 is 1.07 bits per heavy atom. The molecule has 0 aliphatic heterocycles. The number of nitrogens with two attached hydrogens (primary N) is 1. The summed E-state index contributed by atoms with van der Waals surface area (Å²) in [5.41, 5.74) is 2.33. The van der Waals surface area contributed by atoms with Gasteiger partial charge in [-0.3, -0.25) is 24.1 Å². The van der Waals surface area contributed by atoms with E-state index in [1.807, 2.05) is 0 Å². The Hall–Kier alpha value is -3.36. The first kappa shape index (κ1) is 34.8. The summed E-state index contributed by atoms with van der Waals surface area (Å²) in [6.07, 6.45) is 0.127. The number of carbonyl (C=O) groups excluding carboxylic acids is 4. The second-order valence-electron chi connectivity index (χ2n) is 11.3. The number of nitrogens with one attached hydrogen (secondary N) is 1. The van der Waals surface area contributed by atoms with E-state index in [4.69, 9.17) is 5.73 Å². The number of carbonyl (C=O) groups is 4. The van der Waals surface area contributed by atoms with Gasteiger partial charge in [0.1, 0.15) is 17.1 Å². The lowest BCUT2D eigenvalue weighted by Gasteiger charge is -2.50. The van der Waals surface area contributed by atoms with E-state index in [1.54, 1.807) is 58.2 Å². The maximum absolute atomic E-state index is 14.0. The highest BCUT2D eigenvalue weighted by atomic mass is 35.5. The maximum Gasteiger partial charge on any atom is 0.255 e. The molecule has 0 spiro atoms. The summed E-state index contributed by atoms with van der Waals surface area (Å²) in [7, 11) is 10.0. The van der Waals surface area contributed by atoms with Crippen LogP contribution >= 0.6 is 24.8 Å². The topological polar surface area (TPSA) is 197 Å². The minimum absolute atomic E-state index is 0. The van der Waals surface area contributed by atoms with Crippen LogP contribution in [0.3, 0.4) is 0 Å². The van der Waals surface area contributed by atoms with Crippen LogP contribution in [0, 0.1) is 11.8 Å². The first-order valence-corrected chi connectivity index (χ1v) is 12.7. The number of benzene rings is 1. The molecule has 3 aliphatic rings. The highest BCUT2D eigenvalue weighted by Crippen LogP contribution is 2.53. The van der Waals surface area contributed by atoms with Gasteiger partial charge in [0.2, 0.25) is 11.7 Å². The van der Waals surface area contributed by atoms with E-state index < -0.39 is 69.7 Å². The fourth-order valence-electron chi connectivity index (χ4n) is 6.27. The first-order chi connectivity index (χ1) is 18.5. The molecular weight excluding hydrogens is 593 g/mol. The Morgan fingerprint density at radius 2 is 1.67 bits per heavy atom. The van der Waals surface area contributed by atoms with Crippen molar-refractivity contribution in [3.05, 3.63) is 39.9 Å². The van der Waals surface area contributed by atoms with Crippen LogP contribution in [0.1, 0.15) is 22.3 Å². The van der Waals surface area contributed by atoms with Gasteiger partial charge in [-0.2, -0.15) is 0 Å². The van der Waals surface area contributed by atoms with Gasteiger partial charge >= 0.3 is 0 Å². The second-order valence-corrected chi connectivity index (χ2v) is 11.3. The second kappa shape index (κ2) is 12.1. The summed E-state index contributed by atoms with van der Waals surface area (Å²) < 4.78 is 0. The number of ketones is 2. The molecule has 4 rings (SSSR count). The zero-order chi connectivity index (χ0) is 30.0. The number of rotatable bonds is 6. The van der Waals surface area contributed by atoms with Gasteiger partial charge < -0.3 is 41.3 Å². The summed E-state index contributed by atoms with van der Waals surface area (Å²) in [6.45, 7) is 0.0158. The van der Waals surface area contributed by atoms with Crippen molar-refractivity contribution < 1.29 is 39.6 Å². The molecule has 15 heteroatoms. The highest BCUT2D eigenvalue weighted by molar-refractivity contribution is 6.25. The molecule has 1 aromatic carbocycles. The molecule has 7 N–H and O–H groups in total. The number of amides is 2. The number of hydrogen-bond acceptors (Lipinski definition) is 11. The Bertz CT molecular complexity index is 1410. The van der Waals surface area contributed by atoms with E-state index >= 15 is 0 Å². The predicted octanol–water partition coefficient (Wildman–Crippen LogP) is 0.530. The van der Waals surface area contributed by atoms with Crippen molar-refractivity contribution in [1.82, 2.24) is 9.80 Å². The molecule has 1 aromatic rings. The van der Waals surface area contributed by atoms with Gasteiger partial charge in [-0.15, -0.1) is 24.8 Å². The number of phenols is 1. The SMILES string of the molecule is CN(C)CC(=O)Nc1cc(N(C)C)c2c(c1O)C(=O)C1=C(O)C3(O)C(=O)C(C(N)=O)=C(O)[C@@H](N(C)C)C3CC1C2.Cl.Cl. The van der Waals surface area contributed by atoms with E-state index in [0.717, 1.165) is 0 Å². The number of nitrogens with zero attached hydrogens (tertiary/aromatic N) is 3. The van der Waals surface area contributed by atoms with E-state index in [1.165, 1.54) is 4.90 Å². The number of aliphatic hydroxyl groups is 3. The molecule has 3 unspecified atom stereocenters. The molecule has 0 radical (unpaired) electrons. The van der Waals surface area contributed by atoms with Crippen molar-refractivity contribution in [1.29, 1.82) is 0 Å². The molecular formula is C27H37Cl2N5O8. The van der Waals surface area contributed by atoms with Gasteiger partial charge in [0, 0.05) is 31.3 Å². The van der Waals surface area contributed by atoms with Gasteiger partial charge in [0.25, 0.3) is 5.91 Å². The van der Waals surface area contributed by atoms with Crippen LogP contribution in [0.4, 0.5) is 11.4 Å². The number of primary amides is 1. The summed E-state index contributed by atoms with van der Waals surface area (Å²) in [6, 6.07) is 0.491. The van der Waals surface area contributed by atoms with Gasteiger partial charge in [0.15, 0.2) is 17.1 Å². The highest BCUT2D eigenvalue weighted by Gasteiger charge is 2.63. The third kappa shape index (κ3) is 5.20. The van der Waals surface area contributed by atoms with Crippen molar-refractivity contribution in [3.63, 3.8) is 0 Å². The van der Waals surface area contributed by atoms with E-state index in [2.05, 4.69) is 5.32 Å². The Labute approximate surface area is 255 Å². The van der Waals surface area contributed by atoms with E-state index in [0.29, 0.717) is 11.3 Å². The van der Waals surface area contributed by atoms with Gasteiger partial charge in [-0.25, -0.2) is 0 Å². The molecule has 0 saturated heterocycles. The number of anilines is 2. The van der Waals surface area contributed by atoms with Crippen LogP contribution in [-0.4, -0.2) is 114 Å². The lowest BCUT2D eigenvalue weighted by atomic mass is 9.58. The predicted molar refractivity (Wildman–Crippen MR) is 160 cm³/mol.